The molecule has 0 bridgehead atoms. The molecule has 132 valence electrons. The van der Waals surface area contributed by atoms with Gasteiger partial charge in [-0.25, -0.2) is 0 Å². The largest absolute Gasteiger partial charge is 0.369 e. The smallest absolute Gasteiger partial charge is 0.237 e. The maximum Gasteiger partial charge on any atom is 0.237 e. The number of halogens is 1. The number of anilines is 1. The minimum Gasteiger partial charge on any atom is -0.369 e. The van der Waals surface area contributed by atoms with Gasteiger partial charge in [-0.1, -0.05) is 11.6 Å². The first-order chi connectivity index (χ1) is 11.7. The molecule has 5 nitrogen and oxygen atoms in total. The number of benzene rings is 1. The molecule has 0 aromatic heterocycles. The lowest BCUT2D eigenvalue weighted by atomic mass is 10.2. The maximum atomic E-state index is 11.9. The minimum absolute atomic E-state index is 0.0351. The monoisotopic (exact) mass is 350 g/mol. The molecule has 0 spiro atoms. The Morgan fingerprint density at radius 2 is 1.96 bits per heavy atom. The van der Waals surface area contributed by atoms with E-state index in [1.54, 1.807) is 0 Å². The molecule has 0 radical (unpaired) electrons. The van der Waals surface area contributed by atoms with Crippen LogP contribution in [-0.2, 0) is 4.79 Å². The van der Waals surface area contributed by atoms with Crippen LogP contribution in [0.15, 0.2) is 24.3 Å². The highest BCUT2D eigenvalue weighted by molar-refractivity contribution is 6.30. The Hall–Kier alpha value is -1.30. The lowest BCUT2D eigenvalue weighted by Gasteiger charge is -2.36. The standard InChI is InChI=1S/C18H27ClN4O/c19-15-4-6-16(7-5-15)23-13-11-22(12-14-23)10-2-9-21-18(24)17-3-1-8-20-17/h4-7,17,20H,1-3,8-14H2,(H,21,24). The zero-order valence-corrected chi connectivity index (χ0v) is 14.9. The van der Waals surface area contributed by atoms with Crippen LogP contribution in [0.25, 0.3) is 0 Å². The van der Waals surface area contributed by atoms with Gasteiger partial charge in [0.05, 0.1) is 6.04 Å². The molecule has 3 rings (SSSR count). The Morgan fingerprint density at radius 3 is 2.62 bits per heavy atom. The Morgan fingerprint density at radius 1 is 1.21 bits per heavy atom. The molecule has 1 aromatic rings. The van der Waals surface area contributed by atoms with Crippen LogP contribution >= 0.6 is 11.6 Å². The second kappa shape index (κ2) is 8.70. The van der Waals surface area contributed by atoms with E-state index < -0.39 is 0 Å². The Bertz CT molecular complexity index is 522. The molecular formula is C18H27ClN4O. The summed E-state index contributed by atoms with van der Waals surface area (Å²) in [7, 11) is 0. The van der Waals surface area contributed by atoms with E-state index in [9.17, 15) is 4.79 Å². The summed E-state index contributed by atoms with van der Waals surface area (Å²) in [6.45, 7) is 7.01. The number of rotatable bonds is 6. The number of hydrogen-bond acceptors (Lipinski definition) is 4. The summed E-state index contributed by atoms with van der Waals surface area (Å²) in [5, 5.41) is 7.07. The first-order valence-corrected chi connectivity index (χ1v) is 9.34. The number of nitrogens with one attached hydrogen (secondary N) is 2. The van der Waals surface area contributed by atoms with Crippen LogP contribution in [0.2, 0.25) is 5.02 Å². The summed E-state index contributed by atoms with van der Waals surface area (Å²) < 4.78 is 0. The molecule has 6 heteroatoms. The van der Waals surface area contributed by atoms with E-state index in [2.05, 4.69) is 32.6 Å². The quantitative estimate of drug-likeness (QED) is 0.767. The van der Waals surface area contributed by atoms with Crippen molar-refractivity contribution in [1.82, 2.24) is 15.5 Å². The summed E-state index contributed by atoms with van der Waals surface area (Å²) in [5.74, 6) is 0.167. The zero-order valence-electron chi connectivity index (χ0n) is 14.1. The van der Waals surface area contributed by atoms with Gasteiger partial charge in [-0.3, -0.25) is 9.69 Å². The molecule has 0 aliphatic carbocycles. The van der Waals surface area contributed by atoms with Crippen molar-refractivity contribution >= 4 is 23.2 Å². The van der Waals surface area contributed by atoms with Gasteiger partial charge in [0.1, 0.15) is 0 Å². The van der Waals surface area contributed by atoms with Crippen molar-refractivity contribution in [3.05, 3.63) is 29.3 Å². The van der Waals surface area contributed by atoms with E-state index in [-0.39, 0.29) is 11.9 Å². The van der Waals surface area contributed by atoms with Gasteiger partial charge in [0.2, 0.25) is 5.91 Å². The molecule has 2 saturated heterocycles. The first kappa shape index (κ1) is 17.5. The predicted octanol–water partition coefficient (Wildman–Crippen LogP) is 1.72. The molecule has 1 aromatic carbocycles. The lowest BCUT2D eigenvalue weighted by Crippen LogP contribution is -2.47. The van der Waals surface area contributed by atoms with Crippen LogP contribution in [0.3, 0.4) is 0 Å². The summed E-state index contributed by atoms with van der Waals surface area (Å²) in [5.41, 5.74) is 1.25. The van der Waals surface area contributed by atoms with Gasteiger partial charge in [0.15, 0.2) is 0 Å². The predicted molar refractivity (Wildman–Crippen MR) is 98.8 cm³/mol. The van der Waals surface area contributed by atoms with Gasteiger partial charge < -0.3 is 15.5 Å². The van der Waals surface area contributed by atoms with Gasteiger partial charge in [-0.15, -0.1) is 0 Å². The zero-order chi connectivity index (χ0) is 16.8. The first-order valence-electron chi connectivity index (χ1n) is 8.96. The maximum absolute atomic E-state index is 11.9. The molecule has 1 amide bonds. The fraction of sp³-hybridized carbons (Fsp3) is 0.611. The molecule has 1 atom stereocenters. The van der Waals surface area contributed by atoms with Gasteiger partial charge in [-0.2, -0.15) is 0 Å². The Labute approximate surface area is 149 Å². The minimum atomic E-state index is 0.0351. The molecule has 2 N–H and O–H groups in total. The average molecular weight is 351 g/mol. The van der Waals surface area contributed by atoms with E-state index in [1.807, 2.05) is 12.1 Å². The van der Waals surface area contributed by atoms with Crippen molar-refractivity contribution in [2.24, 2.45) is 0 Å². The third kappa shape index (κ3) is 4.85. The van der Waals surface area contributed by atoms with Crippen LogP contribution in [0.1, 0.15) is 19.3 Å². The normalized spacial score (nSPS) is 21.9. The van der Waals surface area contributed by atoms with Crippen molar-refractivity contribution in [3.8, 4) is 0 Å². The van der Waals surface area contributed by atoms with E-state index in [0.717, 1.165) is 70.1 Å². The number of carbonyl (C=O) groups is 1. The van der Waals surface area contributed by atoms with Gasteiger partial charge in [-0.05, 0) is 56.6 Å². The average Bonchev–Trinajstić information content (AvgIpc) is 3.15. The molecule has 0 saturated carbocycles. The Kier molecular flexibility index (Phi) is 6.35. The highest BCUT2D eigenvalue weighted by atomic mass is 35.5. The van der Waals surface area contributed by atoms with Crippen LogP contribution in [0, 0.1) is 0 Å². The summed E-state index contributed by atoms with van der Waals surface area (Å²) >= 11 is 5.95. The number of nitrogens with zero attached hydrogens (tertiary/aromatic N) is 2. The molecular weight excluding hydrogens is 324 g/mol. The molecule has 1 unspecified atom stereocenters. The van der Waals surface area contributed by atoms with Crippen molar-refractivity contribution in [1.29, 1.82) is 0 Å². The van der Waals surface area contributed by atoms with Crippen molar-refractivity contribution in [2.75, 3.05) is 50.7 Å². The number of carbonyl (C=O) groups excluding carboxylic acids is 1. The third-order valence-corrected chi connectivity index (χ3v) is 5.14. The van der Waals surface area contributed by atoms with Crippen LogP contribution in [0.5, 0.6) is 0 Å². The van der Waals surface area contributed by atoms with Gasteiger partial charge in [0.25, 0.3) is 0 Å². The summed E-state index contributed by atoms with van der Waals surface area (Å²) in [6.07, 6.45) is 3.09. The van der Waals surface area contributed by atoms with Gasteiger partial charge >= 0.3 is 0 Å². The van der Waals surface area contributed by atoms with Crippen molar-refractivity contribution < 1.29 is 4.79 Å². The van der Waals surface area contributed by atoms with Crippen LogP contribution in [0.4, 0.5) is 5.69 Å². The highest BCUT2D eigenvalue weighted by Crippen LogP contribution is 2.19. The van der Waals surface area contributed by atoms with Crippen LogP contribution < -0.4 is 15.5 Å². The SMILES string of the molecule is O=C(NCCCN1CCN(c2ccc(Cl)cc2)CC1)C1CCCN1. The van der Waals surface area contributed by atoms with Crippen molar-refractivity contribution in [2.45, 2.75) is 25.3 Å². The van der Waals surface area contributed by atoms with Gasteiger partial charge in [0, 0.05) is 43.4 Å². The molecule has 24 heavy (non-hydrogen) atoms. The fourth-order valence-corrected chi connectivity index (χ4v) is 3.55. The van der Waals surface area contributed by atoms with E-state index >= 15 is 0 Å². The highest BCUT2D eigenvalue weighted by Gasteiger charge is 2.21. The van der Waals surface area contributed by atoms with E-state index in [1.165, 1.54) is 5.69 Å². The van der Waals surface area contributed by atoms with Crippen molar-refractivity contribution in [3.63, 3.8) is 0 Å². The van der Waals surface area contributed by atoms with E-state index in [4.69, 9.17) is 11.6 Å². The molecule has 2 aliphatic heterocycles. The molecule has 2 heterocycles. The number of hydrogen-bond donors (Lipinski definition) is 2. The summed E-state index contributed by atoms with van der Waals surface area (Å²) in [4.78, 5) is 16.8. The second-order valence-electron chi connectivity index (χ2n) is 6.60. The topological polar surface area (TPSA) is 47.6 Å². The number of amides is 1. The fourth-order valence-electron chi connectivity index (χ4n) is 3.43. The lowest BCUT2D eigenvalue weighted by molar-refractivity contribution is -0.122. The Balaban J connectivity index is 1.31. The number of piperazine rings is 1. The third-order valence-electron chi connectivity index (χ3n) is 4.89. The van der Waals surface area contributed by atoms with E-state index in [0.29, 0.717) is 0 Å². The van der Waals surface area contributed by atoms with Crippen LogP contribution in [-0.4, -0.2) is 62.7 Å². The second-order valence-corrected chi connectivity index (χ2v) is 7.04. The molecule has 2 aliphatic rings. The summed E-state index contributed by atoms with van der Waals surface area (Å²) in [6, 6.07) is 8.11. The molecule has 2 fully saturated rings.